The average molecular weight is 1920 g/mol. The molecule has 0 N–H and O–H groups in total. The van der Waals surface area contributed by atoms with E-state index in [0.717, 1.165) is 105 Å². The van der Waals surface area contributed by atoms with Crippen molar-refractivity contribution >= 4 is 150 Å². The molecule has 149 heavy (non-hydrogen) atoms. The van der Waals surface area contributed by atoms with Crippen LogP contribution in [0.2, 0.25) is 0 Å². The van der Waals surface area contributed by atoms with Crippen LogP contribution in [0, 0.1) is 0 Å². The number of fused-ring (bicyclic) bond motifs is 24. The van der Waals surface area contributed by atoms with Crippen molar-refractivity contribution in [1.29, 1.82) is 0 Å². The number of benzene rings is 24. The van der Waals surface area contributed by atoms with Crippen LogP contribution >= 0.6 is 11.3 Å². The molecule has 0 fully saturated rings. The van der Waals surface area contributed by atoms with Gasteiger partial charge in [-0.25, -0.2) is 44.9 Å². The van der Waals surface area contributed by atoms with E-state index in [4.69, 9.17) is 49.3 Å². The van der Waals surface area contributed by atoms with Gasteiger partial charge in [-0.3, -0.25) is 0 Å². The van der Waals surface area contributed by atoms with Crippen LogP contribution < -0.4 is 0 Å². The summed E-state index contributed by atoms with van der Waals surface area (Å²) in [5.41, 5.74) is 22.7. The largest absolute Gasteiger partial charge is 0.456 e. The van der Waals surface area contributed by atoms with Crippen LogP contribution in [0.1, 0.15) is 25.0 Å². The highest BCUT2D eigenvalue weighted by Crippen LogP contribution is 2.52. The Morgan fingerprint density at radius 1 is 0.161 bits per heavy atom. The van der Waals surface area contributed by atoms with Gasteiger partial charge in [0.1, 0.15) is 11.2 Å². The summed E-state index contributed by atoms with van der Waals surface area (Å²) in [5, 5.41) is 27.5. The minimum Gasteiger partial charge on any atom is -0.456 e. The second kappa shape index (κ2) is 36.2. The Kier molecular flexibility index (Phi) is 21.3. The van der Waals surface area contributed by atoms with Crippen LogP contribution in [0.25, 0.3) is 286 Å². The molecule has 10 nitrogen and oxygen atoms in total. The van der Waals surface area contributed by atoms with E-state index in [9.17, 15) is 0 Å². The molecule has 1 aliphatic carbocycles. The molecule has 0 saturated carbocycles. The van der Waals surface area contributed by atoms with Crippen LogP contribution in [0.15, 0.2) is 496 Å². The van der Waals surface area contributed by atoms with Crippen molar-refractivity contribution in [1.82, 2.24) is 44.9 Å². The summed E-state index contributed by atoms with van der Waals surface area (Å²) < 4.78 is 8.96. The van der Waals surface area contributed by atoms with E-state index in [0.29, 0.717) is 52.4 Å². The third-order valence-corrected chi connectivity index (χ3v) is 30.7. The first-order chi connectivity index (χ1) is 73.5. The summed E-state index contributed by atoms with van der Waals surface area (Å²) in [7, 11) is 0. The number of nitrogens with zero attached hydrogens (tertiary/aromatic N) is 9. The maximum absolute atomic E-state index is 6.30. The van der Waals surface area contributed by atoms with Crippen molar-refractivity contribution in [2.24, 2.45) is 0 Å². The van der Waals surface area contributed by atoms with E-state index >= 15 is 0 Å². The van der Waals surface area contributed by atoms with Gasteiger partial charge in [0.15, 0.2) is 52.4 Å². The van der Waals surface area contributed by atoms with Gasteiger partial charge in [-0.15, -0.1) is 11.3 Å². The predicted octanol–water partition coefficient (Wildman–Crippen LogP) is 36.6. The quantitative estimate of drug-likeness (QED) is 0.109. The fraction of sp³-hybridized carbons (Fsp3) is 0.0217. The highest BCUT2D eigenvalue weighted by molar-refractivity contribution is 7.25. The van der Waals surface area contributed by atoms with Gasteiger partial charge in [0, 0.05) is 86.4 Å². The SMILES string of the molecule is CC1(C)c2ccccc2-c2cc3ccc4ccc5cc(-c6cccc(-c7nc(-c8ccccc8)nc(-c8ccccc8)n7)c6)ccc5c4c3cc21.c1ccc(-c2nc(-c3ccccc3)nc(-c3cccc(-c4ccc5c(ccc6ccc7cc8c(cc7c65)oc5ccccc58)c4)c3)n2)cc1.c1ccc(-c2nc(-c3ccccc3)nc(-c3cccc(-c4ccc5c(ccc6ccc7cc8sc9ccccc9c8cc7c65)c4)c3)n2)cc1. The first-order valence-corrected chi connectivity index (χ1v) is 51.2. The van der Waals surface area contributed by atoms with Crippen molar-refractivity contribution in [2.45, 2.75) is 19.3 Å². The van der Waals surface area contributed by atoms with Crippen molar-refractivity contribution in [3.05, 3.63) is 503 Å². The van der Waals surface area contributed by atoms with Crippen LogP contribution in [0.3, 0.4) is 0 Å². The summed E-state index contributed by atoms with van der Waals surface area (Å²) in [4.78, 5) is 44.4. The standard InChI is InChI=1S/C48H33N3.C45H27N3O.C45H27N3S/c1-48(2)42-19-10-9-18-39(42)41-28-36-23-21-30-20-22-35-26-34(24-25-38(35)44(30)40(36)29-43(41)48)33-16-11-17-37(27-33)47-50-45(31-12-5-3-6-13-31)49-46(51-47)32-14-7-4-8-15-32;1-3-10-29(11-4-1)43-46-44(30-12-5-2-6-13-30)48-45(47-43)35-15-9-14-31(25-35)32-22-23-36-33(24-32)20-18-28-19-21-34-26-39-37-16-7-8-17-40(37)49-41(39)27-38(34)42(28)36;1-3-10-29(11-4-1)43-46-44(30-12-5-2-6-13-30)48-45(47-43)35-15-9-14-31(25-35)32-22-23-36-33(24-32)20-18-28-19-21-34-26-41-39(27-38(34)42(28)36)37-16-7-8-17-40(37)49-41/h3-29H,1-2H3;2*1-27H. The van der Waals surface area contributed by atoms with Gasteiger partial charge in [0.25, 0.3) is 0 Å². The van der Waals surface area contributed by atoms with E-state index < -0.39 is 0 Å². The Labute approximate surface area is 862 Å². The first kappa shape index (κ1) is 87.5. The summed E-state index contributed by atoms with van der Waals surface area (Å²) in [6.07, 6.45) is 0. The molecule has 0 radical (unpaired) electrons. The molecule has 0 amide bonds. The molecule has 0 unspecified atom stereocenters. The van der Waals surface area contributed by atoms with Gasteiger partial charge in [-0.1, -0.05) is 420 Å². The van der Waals surface area contributed by atoms with Crippen molar-refractivity contribution in [2.75, 3.05) is 0 Å². The van der Waals surface area contributed by atoms with E-state index in [2.05, 4.69) is 311 Å². The topological polar surface area (TPSA) is 129 Å². The number of para-hydroxylation sites is 1. The molecule has 30 rings (SSSR count). The Morgan fingerprint density at radius 2 is 0.463 bits per heavy atom. The Hall–Kier alpha value is -19.3. The minimum absolute atomic E-state index is 0.0483. The number of aromatic nitrogens is 9. The molecule has 1 aliphatic rings. The summed E-state index contributed by atoms with van der Waals surface area (Å²) in [5.74, 6) is 5.89. The molecule has 24 aromatic carbocycles. The van der Waals surface area contributed by atoms with E-state index in [1.165, 1.54) is 139 Å². The van der Waals surface area contributed by atoms with Crippen LogP contribution in [0.4, 0.5) is 0 Å². The lowest BCUT2D eigenvalue weighted by atomic mass is 9.81. The fourth-order valence-electron chi connectivity index (χ4n) is 22.2. The zero-order valence-corrected chi connectivity index (χ0v) is 81.9. The minimum atomic E-state index is -0.0483. The number of furan rings is 1. The summed E-state index contributed by atoms with van der Waals surface area (Å²) in [6.45, 7) is 4.71. The van der Waals surface area contributed by atoms with Crippen LogP contribution in [-0.2, 0) is 5.41 Å². The number of thiophene rings is 1. The second-order valence-electron chi connectivity index (χ2n) is 39.0. The maximum Gasteiger partial charge on any atom is 0.164 e. The van der Waals surface area contributed by atoms with Crippen molar-refractivity contribution in [3.63, 3.8) is 0 Å². The lowest BCUT2D eigenvalue weighted by Crippen LogP contribution is -2.14. The molecule has 0 atom stereocenters. The van der Waals surface area contributed by atoms with Crippen molar-refractivity contribution in [3.8, 4) is 147 Å². The van der Waals surface area contributed by atoms with E-state index in [-0.39, 0.29) is 5.41 Å². The Balaban J connectivity index is 0.000000108. The zero-order chi connectivity index (χ0) is 98.7. The number of hydrogen-bond donors (Lipinski definition) is 0. The molecule has 0 saturated heterocycles. The van der Waals surface area contributed by atoms with Gasteiger partial charge in [0.2, 0.25) is 0 Å². The molecule has 0 aliphatic heterocycles. The molecule has 0 spiro atoms. The van der Waals surface area contributed by atoms with Gasteiger partial charge in [-0.05, 0) is 238 Å². The normalized spacial score (nSPS) is 12.1. The molecular formula is C138H87N9OS. The molecular weight excluding hydrogens is 1830 g/mol. The lowest BCUT2D eigenvalue weighted by molar-refractivity contribution is 0.661. The van der Waals surface area contributed by atoms with Gasteiger partial charge < -0.3 is 4.42 Å². The monoisotopic (exact) mass is 1920 g/mol. The fourth-order valence-corrected chi connectivity index (χ4v) is 23.3. The Morgan fingerprint density at radius 3 is 0.872 bits per heavy atom. The highest BCUT2D eigenvalue weighted by atomic mass is 32.1. The number of hydrogen-bond acceptors (Lipinski definition) is 11. The first-order valence-electron chi connectivity index (χ1n) is 50.4. The molecule has 11 heteroatoms. The zero-order valence-electron chi connectivity index (χ0n) is 81.1. The summed E-state index contributed by atoms with van der Waals surface area (Å²) >= 11 is 1.87. The molecule has 5 heterocycles. The second-order valence-corrected chi connectivity index (χ2v) is 40.1. The molecule has 29 aromatic rings. The van der Waals surface area contributed by atoms with Crippen molar-refractivity contribution < 1.29 is 4.42 Å². The third kappa shape index (κ3) is 15.9. The number of rotatable bonds is 12. The van der Waals surface area contributed by atoms with Crippen LogP contribution in [0.5, 0.6) is 0 Å². The maximum atomic E-state index is 6.30. The Bertz CT molecular complexity index is 10300. The average Bonchev–Trinajstić information content (AvgIpc) is 1.57. The lowest BCUT2D eigenvalue weighted by Gasteiger charge is -2.22. The molecule has 0 bridgehead atoms. The highest BCUT2D eigenvalue weighted by Gasteiger charge is 2.36. The van der Waals surface area contributed by atoms with Crippen LogP contribution in [-0.4, -0.2) is 44.9 Å². The van der Waals surface area contributed by atoms with E-state index in [1.807, 2.05) is 205 Å². The summed E-state index contributed by atoms with van der Waals surface area (Å²) in [6, 6.07) is 174. The predicted molar refractivity (Wildman–Crippen MR) is 620 cm³/mol. The van der Waals surface area contributed by atoms with E-state index in [1.54, 1.807) is 0 Å². The molecule has 5 aromatic heterocycles. The van der Waals surface area contributed by atoms with Gasteiger partial charge in [-0.2, -0.15) is 0 Å². The molecule has 696 valence electrons. The smallest absolute Gasteiger partial charge is 0.164 e. The van der Waals surface area contributed by atoms with Gasteiger partial charge >= 0.3 is 0 Å². The third-order valence-electron chi connectivity index (χ3n) is 29.6. The van der Waals surface area contributed by atoms with Gasteiger partial charge in [0.05, 0.1) is 0 Å².